The Balaban J connectivity index is 0. The lowest BCUT2D eigenvalue weighted by Crippen LogP contribution is -3.00. The number of carbonyl (C=O) groups excluding carboxylic acids is 2. The lowest BCUT2D eigenvalue weighted by atomic mass is 10.0. The fraction of sp³-hybridized carbons (Fsp3) is 0.680. The van der Waals surface area contributed by atoms with Gasteiger partial charge < -0.3 is 32.5 Å². The first-order chi connectivity index (χ1) is 14.3. The number of nitrogens with two attached hydrogens (primary N) is 1. The molecule has 5 nitrogen and oxygen atoms in total. The second-order valence-electron chi connectivity index (χ2n) is 8.91. The summed E-state index contributed by atoms with van der Waals surface area (Å²) in [4.78, 5) is 23.6. The van der Waals surface area contributed by atoms with Gasteiger partial charge in [0.1, 0.15) is 5.78 Å². The van der Waals surface area contributed by atoms with E-state index in [2.05, 4.69) is 32.2 Å². The summed E-state index contributed by atoms with van der Waals surface area (Å²) in [6.45, 7) is 1.26. The van der Waals surface area contributed by atoms with Crippen molar-refractivity contribution in [2.45, 2.75) is 70.6 Å². The molecule has 0 saturated carbocycles. The summed E-state index contributed by atoms with van der Waals surface area (Å²) in [7, 11) is 9.89. The SMILES string of the molecule is CN.CNC(=O)c1ccc(CCC(=O)CCCCCCCCCC[N+](C)(C)C)cc1.[Br-]. The standard InChI is InChI=1S/C24H40N2O2.CH5N.BrH/c1-25-24(28)22-17-14-21(15-18-22)16-19-23(27)13-11-9-7-5-6-8-10-12-20-26(2,3)4;1-2;/h14-15,17-18H,5-13,16,19-20H2,1-4H3;2H2,1H3;1H. The Bertz CT molecular complexity index is 583. The third-order valence-corrected chi connectivity index (χ3v) is 5.17. The smallest absolute Gasteiger partial charge is 0.251 e. The Morgan fingerprint density at radius 3 is 1.77 bits per heavy atom. The number of hydrogen-bond acceptors (Lipinski definition) is 3. The molecule has 6 heteroatoms. The summed E-state index contributed by atoms with van der Waals surface area (Å²) in [5.74, 6) is 0.280. The quantitative estimate of drug-likeness (QED) is 0.282. The molecule has 1 rings (SSSR count). The summed E-state index contributed by atoms with van der Waals surface area (Å²) < 4.78 is 1.06. The van der Waals surface area contributed by atoms with Crippen molar-refractivity contribution in [1.82, 2.24) is 5.32 Å². The Labute approximate surface area is 201 Å². The van der Waals surface area contributed by atoms with Crippen LogP contribution in [0.25, 0.3) is 0 Å². The van der Waals surface area contributed by atoms with Crippen LogP contribution in [0.4, 0.5) is 0 Å². The van der Waals surface area contributed by atoms with Crippen LogP contribution in [-0.2, 0) is 11.2 Å². The molecule has 0 aromatic heterocycles. The largest absolute Gasteiger partial charge is 1.00 e. The summed E-state index contributed by atoms with van der Waals surface area (Å²) >= 11 is 0. The first kappa shape index (κ1) is 31.9. The molecular formula is C25H46BrN3O2. The minimum absolute atomic E-state index is 0. The van der Waals surface area contributed by atoms with Gasteiger partial charge in [-0.2, -0.15) is 0 Å². The van der Waals surface area contributed by atoms with Crippen molar-refractivity contribution in [1.29, 1.82) is 0 Å². The zero-order valence-electron chi connectivity index (χ0n) is 20.5. The second kappa shape index (κ2) is 19.4. The fourth-order valence-electron chi connectivity index (χ4n) is 3.34. The number of halogens is 1. The van der Waals surface area contributed by atoms with Crippen molar-refractivity contribution in [3.8, 4) is 0 Å². The van der Waals surface area contributed by atoms with Crippen molar-refractivity contribution in [2.75, 3.05) is 41.8 Å². The average molecular weight is 501 g/mol. The number of amides is 1. The second-order valence-corrected chi connectivity index (χ2v) is 8.91. The van der Waals surface area contributed by atoms with Crippen molar-refractivity contribution in [3.05, 3.63) is 35.4 Å². The molecule has 0 fully saturated rings. The number of hydrogen-bond donors (Lipinski definition) is 2. The number of Topliss-reactive ketones (excluding diaryl/α,β-unsaturated/α-hetero) is 1. The number of rotatable bonds is 15. The highest BCUT2D eigenvalue weighted by molar-refractivity contribution is 5.93. The maximum atomic E-state index is 12.1. The molecule has 0 atom stereocenters. The van der Waals surface area contributed by atoms with Crippen LogP contribution in [0.1, 0.15) is 80.1 Å². The zero-order valence-corrected chi connectivity index (χ0v) is 22.1. The van der Waals surface area contributed by atoms with Crippen LogP contribution in [0.5, 0.6) is 0 Å². The molecule has 0 spiro atoms. The molecule has 0 aliphatic heterocycles. The van der Waals surface area contributed by atoms with E-state index in [9.17, 15) is 9.59 Å². The van der Waals surface area contributed by atoms with E-state index in [1.54, 1.807) is 7.05 Å². The average Bonchev–Trinajstić information content (AvgIpc) is 2.74. The van der Waals surface area contributed by atoms with Gasteiger partial charge in [-0.25, -0.2) is 0 Å². The summed E-state index contributed by atoms with van der Waals surface area (Å²) in [6.07, 6.45) is 12.2. The van der Waals surface area contributed by atoms with Crippen LogP contribution in [-0.4, -0.2) is 58.0 Å². The van der Waals surface area contributed by atoms with Crippen LogP contribution in [0.2, 0.25) is 0 Å². The third kappa shape index (κ3) is 18.1. The van der Waals surface area contributed by atoms with E-state index in [4.69, 9.17) is 0 Å². The molecule has 1 amide bonds. The van der Waals surface area contributed by atoms with Crippen molar-refractivity contribution in [3.63, 3.8) is 0 Å². The highest BCUT2D eigenvalue weighted by atomic mass is 79.9. The monoisotopic (exact) mass is 499 g/mol. The van der Waals surface area contributed by atoms with Crippen LogP contribution < -0.4 is 28.0 Å². The minimum atomic E-state index is -0.0771. The molecule has 0 unspecified atom stereocenters. The van der Waals surface area contributed by atoms with E-state index in [-0.39, 0.29) is 22.9 Å². The van der Waals surface area contributed by atoms with Gasteiger partial charge >= 0.3 is 0 Å². The molecule has 0 radical (unpaired) electrons. The molecule has 0 heterocycles. The molecule has 1 aromatic carbocycles. The van der Waals surface area contributed by atoms with E-state index in [1.165, 1.54) is 58.5 Å². The van der Waals surface area contributed by atoms with E-state index in [0.29, 0.717) is 24.2 Å². The predicted octanol–water partition coefficient (Wildman–Crippen LogP) is 1.34. The highest BCUT2D eigenvalue weighted by Gasteiger charge is 2.06. The maximum absolute atomic E-state index is 12.1. The molecule has 180 valence electrons. The summed E-state index contributed by atoms with van der Waals surface area (Å²) in [6, 6.07) is 7.53. The Hall–Kier alpha value is -1.24. The van der Waals surface area contributed by atoms with Crippen molar-refractivity contribution < 1.29 is 31.1 Å². The van der Waals surface area contributed by atoms with E-state index < -0.39 is 0 Å². The number of nitrogens with one attached hydrogen (secondary N) is 1. The predicted molar refractivity (Wildman–Crippen MR) is 128 cm³/mol. The minimum Gasteiger partial charge on any atom is -1.00 e. The molecular weight excluding hydrogens is 454 g/mol. The molecule has 0 aliphatic rings. The van der Waals surface area contributed by atoms with Gasteiger partial charge in [0.05, 0.1) is 27.7 Å². The van der Waals surface area contributed by atoms with E-state index >= 15 is 0 Å². The summed E-state index contributed by atoms with van der Waals surface area (Å²) in [5.41, 5.74) is 6.28. The fourth-order valence-corrected chi connectivity index (χ4v) is 3.34. The maximum Gasteiger partial charge on any atom is 0.251 e. The highest BCUT2D eigenvalue weighted by Crippen LogP contribution is 2.12. The molecule has 3 N–H and O–H groups in total. The molecule has 1 aromatic rings. The van der Waals surface area contributed by atoms with Gasteiger partial charge in [-0.1, -0.05) is 44.2 Å². The summed E-state index contributed by atoms with van der Waals surface area (Å²) in [5, 5.41) is 2.61. The number of unbranched alkanes of at least 4 members (excludes halogenated alkanes) is 7. The lowest BCUT2D eigenvalue weighted by Gasteiger charge is -2.23. The number of aryl methyl sites for hydroxylation is 1. The number of carbonyl (C=O) groups is 2. The Morgan fingerprint density at radius 2 is 1.29 bits per heavy atom. The number of nitrogens with zero attached hydrogens (tertiary/aromatic N) is 1. The normalized spacial score (nSPS) is 10.5. The van der Waals surface area contributed by atoms with Gasteiger partial charge in [-0.3, -0.25) is 9.59 Å². The molecule has 0 bridgehead atoms. The van der Waals surface area contributed by atoms with Gasteiger partial charge in [0.15, 0.2) is 0 Å². The Morgan fingerprint density at radius 1 is 0.806 bits per heavy atom. The molecule has 0 saturated heterocycles. The van der Waals surface area contributed by atoms with Gasteiger partial charge in [0, 0.05) is 25.5 Å². The first-order valence-electron chi connectivity index (χ1n) is 11.5. The number of ketones is 1. The number of quaternary nitrogens is 1. The van der Waals surface area contributed by atoms with Crippen molar-refractivity contribution >= 4 is 11.7 Å². The van der Waals surface area contributed by atoms with Crippen LogP contribution in [0.3, 0.4) is 0 Å². The van der Waals surface area contributed by atoms with Gasteiger partial charge in [0.25, 0.3) is 5.91 Å². The van der Waals surface area contributed by atoms with E-state index in [1.807, 2.05) is 24.3 Å². The Kier molecular flexibility index (Phi) is 20.0. The van der Waals surface area contributed by atoms with Crippen molar-refractivity contribution in [2.24, 2.45) is 5.73 Å². The lowest BCUT2D eigenvalue weighted by molar-refractivity contribution is -0.870. The van der Waals surface area contributed by atoms with E-state index in [0.717, 1.165) is 22.9 Å². The van der Waals surface area contributed by atoms with Gasteiger partial charge in [-0.15, -0.1) is 0 Å². The van der Waals surface area contributed by atoms with Crippen LogP contribution in [0, 0.1) is 0 Å². The number of benzene rings is 1. The third-order valence-electron chi connectivity index (χ3n) is 5.17. The first-order valence-corrected chi connectivity index (χ1v) is 11.5. The zero-order chi connectivity index (χ0) is 22.8. The topological polar surface area (TPSA) is 72.2 Å². The van der Waals surface area contributed by atoms with Crippen LogP contribution >= 0.6 is 0 Å². The van der Waals surface area contributed by atoms with Gasteiger partial charge in [0.2, 0.25) is 0 Å². The molecule has 31 heavy (non-hydrogen) atoms. The molecule has 0 aliphatic carbocycles. The van der Waals surface area contributed by atoms with Gasteiger partial charge in [-0.05, 0) is 50.4 Å². The van der Waals surface area contributed by atoms with Crippen LogP contribution in [0.15, 0.2) is 24.3 Å².